The van der Waals surface area contributed by atoms with Crippen LogP contribution in [0.25, 0.3) is 0 Å². The Bertz CT molecular complexity index is 270. The lowest BCUT2D eigenvalue weighted by Crippen LogP contribution is -2.45. The van der Waals surface area contributed by atoms with Crippen molar-refractivity contribution >= 4 is 11.8 Å². The first-order valence-electron chi connectivity index (χ1n) is 5.47. The third-order valence-electron chi connectivity index (χ3n) is 2.54. The molecule has 6 heteroatoms. The Hall–Kier alpha value is -1.14. The summed E-state index contributed by atoms with van der Waals surface area (Å²) < 4.78 is 0. The Morgan fingerprint density at radius 3 is 2.75 bits per heavy atom. The van der Waals surface area contributed by atoms with Crippen molar-refractivity contribution in [3.05, 3.63) is 0 Å². The molecule has 16 heavy (non-hydrogen) atoms. The highest BCUT2D eigenvalue weighted by Crippen LogP contribution is 2.08. The molecule has 0 bridgehead atoms. The molecule has 92 valence electrons. The van der Waals surface area contributed by atoms with Crippen LogP contribution in [0.1, 0.15) is 13.3 Å². The maximum atomic E-state index is 11.8. The first-order valence-corrected chi connectivity index (χ1v) is 5.47. The standard InChI is InChI=1S/C10H19N3O3/c1-3-11-9(15)6-13(2)10(16)8-4-7(14)5-12-8/h7-8,12,14H,3-6H2,1-2H3,(H,11,15). The highest BCUT2D eigenvalue weighted by atomic mass is 16.3. The van der Waals surface area contributed by atoms with E-state index < -0.39 is 6.10 Å². The van der Waals surface area contributed by atoms with Crippen molar-refractivity contribution in [3.63, 3.8) is 0 Å². The van der Waals surface area contributed by atoms with Gasteiger partial charge >= 0.3 is 0 Å². The van der Waals surface area contributed by atoms with Gasteiger partial charge in [-0.25, -0.2) is 0 Å². The molecule has 1 saturated heterocycles. The van der Waals surface area contributed by atoms with Gasteiger partial charge in [0.05, 0.1) is 18.7 Å². The van der Waals surface area contributed by atoms with Gasteiger partial charge < -0.3 is 20.6 Å². The number of carbonyl (C=O) groups excluding carboxylic acids is 2. The highest BCUT2D eigenvalue weighted by Gasteiger charge is 2.30. The zero-order valence-electron chi connectivity index (χ0n) is 9.69. The van der Waals surface area contributed by atoms with E-state index in [2.05, 4.69) is 10.6 Å². The second-order valence-corrected chi connectivity index (χ2v) is 4.00. The fraction of sp³-hybridized carbons (Fsp3) is 0.800. The number of carbonyl (C=O) groups is 2. The summed E-state index contributed by atoms with van der Waals surface area (Å²) in [5, 5.41) is 14.8. The number of nitrogens with one attached hydrogen (secondary N) is 2. The Kier molecular flexibility index (Phi) is 4.70. The molecule has 6 nitrogen and oxygen atoms in total. The number of rotatable bonds is 4. The molecule has 0 spiro atoms. The fourth-order valence-electron chi connectivity index (χ4n) is 1.72. The van der Waals surface area contributed by atoms with Crippen molar-refractivity contribution in [2.24, 2.45) is 0 Å². The van der Waals surface area contributed by atoms with Crippen molar-refractivity contribution in [2.75, 3.05) is 26.7 Å². The minimum atomic E-state index is -0.466. The molecule has 2 unspecified atom stereocenters. The average Bonchev–Trinajstić information content (AvgIpc) is 2.64. The molecule has 0 aromatic heterocycles. The van der Waals surface area contributed by atoms with Gasteiger partial charge in [0.15, 0.2) is 0 Å². The Balaban J connectivity index is 2.38. The summed E-state index contributed by atoms with van der Waals surface area (Å²) in [7, 11) is 1.59. The van der Waals surface area contributed by atoms with E-state index in [0.29, 0.717) is 19.5 Å². The Labute approximate surface area is 95.0 Å². The van der Waals surface area contributed by atoms with Crippen molar-refractivity contribution in [2.45, 2.75) is 25.5 Å². The van der Waals surface area contributed by atoms with Crippen LogP contribution in [0.15, 0.2) is 0 Å². The van der Waals surface area contributed by atoms with Crippen LogP contribution in [0, 0.1) is 0 Å². The van der Waals surface area contributed by atoms with E-state index in [-0.39, 0.29) is 24.4 Å². The molecule has 0 radical (unpaired) electrons. The smallest absolute Gasteiger partial charge is 0.240 e. The van der Waals surface area contributed by atoms with E-state index in [1.165, 1.54) is 4.90 Å². The molecular formula is C10H19N3O3. The number of aliphatic hydroxyl groups excluding tert-OH is 1. The van der Waals surface area contributed by atoms with E-state index in [1.807, 2.05) is 6.92 Å². The quantitative estimate of drug-likeness (QED) is 0.537. The molecule has 2 amide bonds. The van der Waals surface area contributed by atoms with Crippen molar-refractivity contribution in [3.8, 4) is 0 Å². The Morgan fingerprint density at radius 1 is 1.56 bits per heavy atom. The van der Waals surface area contributed by atoms with E-state index in [9.17, 15) is 14.7 Å². The fourth-order valence-corrected chi connectivity index (χ4v) is 1.72. The zero-order chi connectivity index (χ0) is 12.1. The maximum absolute atomic E-state index is 11.8. The summed E-state index contributed by atoms with van der Waals surface area (Å²) in [5.41, 5.74) is 0. The van der Waals surface area contributed by atoms with Crippen molar-refractivity contribution in [1.29, 1.82) is 0 Å². The molecule has 1 heterocycles. The summed E-state index contributed by atoms with van der Waals surface area (Å²) in [6.45, 7) is 2.88. The van der Waals surface area contributed by atoms with E-state index in [4.69, 9.17) is 0 Å². The van der Waals surface area contributed by atoms with Gasteiger partial charge in [-0.3, -0.25) is 9.59 Å². The zero-order valence-corrected chi connectivity index (χ0v) is 9.69. The normalized spacial score (nSPS) is 24.2. The second kappa shape index (κ2) is 5.81. The predicted molar refractivity (Wildman–Crippen MR) is 58.7 cm³/mol. The van der Waals surface area contributed by atoms with E-state index >= 15 is 0 Å². The number of hydrogen-bond donors (Lipinski definition) is 3. The maximum Gasteiger partial charge on any atom is 0.240 e. The lowest BCUT2D eigenvalue weighted by Gasteiger charge is -2.20. The summed E-state index contributed by atoms with van der Waals surface area (Å²) >= 11 is 0. The lowest BCUT2D eigenvalue weighted by atomic mass is 10.2. The first kappa shape index (κ1) is 12.9. The van der Waals surface area contributed by atoms with Crippen LogP contribution in [-0.4, -0.2) is 60.6 Å². The number of amides is 2. The number of β-amino-alcohol motifs (C(OH)–C–C–N with tert-alkyl or cyclic N) is 1. The van der Waals surface area contributed by atoms with Crippen LogP contribution in [-0.2, 0) is 9.59 Å². The molecule has 1 rings (SSSR count). The molecule has 3 N–H and O–H groups in total. The minimum absolute atomic E-state index is 0.0565. The highest BCUT2D eigenvalue weighted by molar-refractivity contribution is 5.87. The summed E-state index contributed by atoms with van der Waals surface area (Å²) in [4.78, 5) is 24.4. The SMILES string of the molecule is CCNC(=O)CN(C)C(=O)C1CC(O)CN1. The first-order chi connectivity index (χ1) is 7.54. The summed E-state index contributed by atoms with van der Waals surface area (Å²) in [6.07, 6.45) is -0.0507. The van der Waals surface area contributed by atoms with Crippen LogP contribution in [0.4, 0.5) is 0 Å². The molecule has 1 aliphatic rings. The molecule has 1 aliphatic heterocycles. The van der Waals surface area contributed by atoms with Gasteiger partial charge in [0.25, 0.3) is 0 Å². The minimum Gasteiger partial charge on any atom is -0.392 e. The van der Waals surface area contributed by atoms with E-state index in [1.54, 1.807) is 7.05 Å². The topological polar surface area (TPSA) is 81.7 Å². The number of nitrogens with zero attached hydrogens (tertiary/aromatic N) is 1. The second-order valence-electron chi connectivity index (χ2n) is 4.00. The number of aliphatic hydroxyl groups is 1. The van der Waals surface area contributed by atoms with Gasteiger partial charge in [0.1, 0.15) is 0 Å². The van der Waals surface area contributed by atoms with Crippen molar-refractivity contribution < 1.29 is 14.7 Å². The predicted octanol–water partition coefficient (Wildman–Crippen LogP) is -1.70. The van der Waals surface area contributed by atoms with Crippen LogP contribution in [0.5, 0.6) is 0 Å². The van der Waals surface area contributed by atoms with Gasteiger partial charge in [0, 0.05) is 20.1 Å². The monoisotopic (exact) mass is 229 g/mol. The van der Waals surface area contributed by atoms with Gasteiger partial charge in [0.2, 0.25) is 11.8 Å². The molecule has 0 aliphatic carbocycles. The number of likely N-dealkylation sites (N-methyl/N-ethyl adjacent to an activating group) is 2. The summed E-state index contributed by atoms with van der Waals surface area (Å²) in [5.74, 6) is -0.320. The van der Waals surface area contributed by atoms with Crippen LogP contribution >= 0.6 is 0 Å². The lowest BCUT2D eigenvalue weighted by molar-refractivity contribution is -0.136. The largest absolute Gasteiger partial charge is 0.392 e. The third kappa shape index (κ3) is 3.46. The Morgan fingerprint density at radius 2 is 2.25 bits per heavy atom. The molecule has 0 aromatic carbocycles. The van der Waals surface area contributed by atoms with Gasteiger partial charge in [-0.1, -0.05) is 0 Å². The molecule has 0 saturated carbocycles. The van der Waals surface area contributed by atoms with Crippen LogP contribution in [0.3, 0.4) is 0 Å². The van der Waals surface area contributed by atoms with E-state index in [0.717, 1.165) is 0 Å². The van der Waals surface area contributed by atoms with Crippen LogP contribution in [0.2, 0.25) is 0 Å². The molecular weight excluding hydrogens is 210 g/mol. The van der Waals surface area contributed by atoms with Crippen molar-refractivity contribution in [1.82, 2.24) is 15.5 Å². The molecule has 0 aromatic rings. The summed E-state index contributed by atoms with van der Waals surface area (Å²) in [6, 6.07) is -0.366. The number of hydrogen-bond acceptors (Lipinski definition) is 4. The van der Waals surface area contributed by atoms with Gasteiger partial charge in [-0.2, -0.15) is 0 Å². The molecule has 1 fully saturated rings. The third-order valence-corrected chi connectivity index (χ3v) is 2.54. The van der Waals surface area contributed by atoms with Gasteiger partial charge in [-0.05, 0) is 13.3 Å². The molecule has 2 atom stereocenters. The average molecular weight is 229 g/mol. The van der Waals surface area contributed by atoms with Gasteiger partial charge in [-0.15, -0.1) is 0 Å². The van der Waals surface area contributed by atoms with Crippen LogP contribution < -0.4 is 10.6 Å².